The van der Waals surface area contributed by atoms with Crippen molar-refractivity contribution in [1.29, 1.82) is 0 Å². The Hall–Kier alpha value is -1.31. The van der Waals surface area contributed by atoms with E-state index in [0.717, 1.165) is 19.4 Å². The van der Waals surface area contributed by atoms with E-state index in [9.17, 15) is 13.9 Å². The van der Waals surface area contributed by atoms with Gasteiger partial charge >= 0.3 is 0 Å². The van der Waals surface area contributed by atoms with Gasteiger partial charge in [0.15, 0.2) is 11.6 Å². The number of hydrogen-bond donors (Lipinski definition) is 2. The van der Waals surface area contributed by atoms with E-state index in [-0.39, 0.29) is 16.0 Å². The predicted octanol–water partition coefficient (Wildman–Crippen LogP) is 3.05. The van der Waals surface area contributed by atoms with Crippen LogP contribution in [-0.2, 0) is 6.54 Å². The first kappa shape index (κ1) is 16.5. The van der Waals surface area contributed by atoms with E-state index in [2.05, 4.69) is 26.2 Å². The van der Waals surface area contributed by atoms with Crippen LogP contribution in [0.3, 0.4) is 0 Å². The molecule has 1 saturated heterocycles. The fourth-order valence-electron chi connectivity index (χ4n) is 2.94. The molecular formula is C16H18BrF2N3O. The number of benzene rings is 1. The standard InChI is InChI=1S/C16H18BrF2N3O/c1-9-21-12-8-10(17)14(18)15(19)16(12)22(9)7-3-4-11-13(23)5-2-6-20-11/h3-4,8,11,13,20,23H,2,5-7H2,1H3/b4-3+/t11-,13+/m1/s1. The average Bonchev–Trinajstić information content (AvgIpc) is 2.83. The molecule has 0 radical (unpaired) electrons. The van der Waals surface area contributed by atoms with Gasteiger partial charge in [0, 0.05) is 6.54 Å². The molecule has 0 saturated carbocycles. The van der Waals surface area contributed by atoms with Gasteiger partial charge in [0.05, 0.1) is 22.1 Å². The monoisotopic (exact) mass is 385 g/mol. The first-order valence-corrected chi connectivity index (χ1v) is 8.36. The van der Waals surface area contributed by atoms with Crippen LogP contribution in [0.25, 0.3) is 11.0 Å². The number of hydrogen-bond acceptors (Lipinski definition) is 3. The summed E-state index contributed by atoms with van der Waals surface area (Å²) in [5, 5.41) is 13.1. The number of aromatic nitrogens is 2. The molecular weight excluding hydrogens is 368 g/mol. The van der Waals surface area contributed by atoms with E-state index in [1.807, 2.05) is 12.2 Å². The van der Waals surface area contributed by atoms with Crippen molar-refractivity contribution in [3.8, 4) is 0 Å². The second kappa shape index (κ2) is 6.67. The molecule has 1 aliphatic rings. The summed E-state index contributed by atoms with van der Waals surface area (Å²) in [5.41, 5.74) is 0.572. The third-order valence-corrected chi connectivity index (χ3v) is 4.74. The Morgan fingerprint density at radius 2 is 2.26 bits per heavy atom. The molecule has 1 fully saturated rings. The number of fused-ring (bicyclic) bond motifs is 1. The van der Waals surface area contributed by atoms with E-state index in [1.165, 1.54) is 6.07 Å². The van der Waals surface area contributed by atoms with Crippen molar-refractivity contribution in [2.24, 2.45) is 0 Å². The van der Waals surface area contributed by atoms with Crippen LogP contribution in [0.1, 0.15) is 18.7 Å². The molecule has 0 aliphatic carbocycles. The van der Waals surface area contributed by atoms with E-state index in [4.69, 9.17) is 0 Å². The lowest BCUT2D eigenvalue weighted by molar-refractivity contribution is 0.115. The lowest BCUT2D eigenvalue weighted by Crippen LogP contribution is -2.43. The molecule has 4 nitrogen and oxygen atoms in total. The van der Waals surface area contributed by atoms with Gasteiger partial charge in [0.25, 0.3) is 0 Å². The number of nitrogens with zero attached hydrogens (tertiary/aromatic N) is 2. The summed E-state index contributed by atoms with van der Waals surface area (Å²) in [5.74, 6) is -1.20. The number of aliphatic hydroxyl groups excluding tert-OH is 1. The third kappa shape index (κ3) is 3.18. The van der Waals surface area contributed by atoms with Gasteiger partial charge in [-0.25, -0.2) is 13.8 Å². The van der Waals surface area contributed by atoms with Crippen molar-refractivity contribution >= 4 is 27.0 Å². The van der Waals surface area contributed by atoms with Gasteiger partial charge in [-0.2, -0.15) is 0 Å². The van der Waals surface area contributed by atoms with Gasteiger partial charge in [-0.05, 0) is 48.3 Å². The molecule has 1 aromatic carbocycles. The highest BCUT2D eigenvalue weighted by Gasteiger charge is 2.20. The molecule has 0 amide bonds. The van der Waals surface area contributed by atoms with Crippen molar-refractivity contribution in [3.05, 3.63) is 40.1 Å². The highest BCUT2D eigenvalue weighted by Crippen LogP contribution is 2.27. The molecule has 3 rings (SSSR count). The van der Waals surface area contributed by atoms with Crippen molar-refractivity contribution in [2.75, 3.05) is 6.54 Å². The summed E-state index contributed by atoms with van der Waals surface area (Å²) in [4.78, 5) is 4.28. The maximum Gasteiger partial charge on any atom is 0.185 e. The van der Waals surface area contributed by atoms with Crippen LogP contribution in [0.5, 0.6) is 0 Å². The largest absolute Gasteiger partial charge is 0.391 e. The minimum Gasteiger partial charge on any atom is -0.391 e. The van der Waals surface area contributed by atoms with E-state index >= 15 is 0 Å². The Bertz CT molecular complexity index is 760. The Balaban J connectivity index is 1.88. The van der Waals surface area contributed by atoms with Crippen LogP contribution in [-0.4, -0.2) is 33.3 Å². The number of aliphatic hydroxyl groups is 1. The SMILES string of the molecule is Cc1nc2cc(Br)c(F)c(F)c2n1C/C=C/[C@H]1NCCC[C@@H]1O. The summed E-state index contributed by atoms with van der Waals surface area (Å²) >= 11 is 3.00. The van der Waals surface area contributed by atoms with Crippen LogP contribution in [0.15, 0.2) is 22.7 Å². The van der Waals surface area contributed by atoms with Gasteiger partial charge in [-0.1, -0.05) is 12.2 Å². The summed E-state index contributed by atoms with van der Waals surface area (Å²) in [6, 6.07) is 1.38. The van der Waals surface area contributed by atoms with Gasteiger partial charge in [-0.15, -0.1) is 0 Å². The molecule has 23 heavy (non-hydrogen) atoms. The molecule has 2 heterocycles. The Morgan fingerprint density at radius 3 is 3.00 bits per heavy atom. The van der Waals surface area contributed by atoms with Crippen molar-refractivity contribution < 1.29 is 13.9 Å². The molecule has 7 heteroatoms. The fraction of sp³-hybridized carbons (Fsp3) is 0.438. The van der Waals surface area contributed by atoms with Crippen molar-refractivity contribution in [1.82, 2.24) is 14.9 Å². The molecule has 0 unspecified atom stereocenters. The summed E-state index contributed by atoms with van der Waals surface area (Å²) in [6.07, 6.45) is 5.03. The van der Waals surface area contributed by atoms with Crippen LogP contribution in [0.2, 0.25) is 0 Å². The topological polar surface area (TPSA) is 50.1 Å². The van der Waals surface area contributed by atoms with Gasteiger partial charge < -0.3 is 15.0 Å². The normalized spacial score (nSPS) is 22.3. The van der Waals surface area contributed by atoms with Crippen LogP contribution < -0.4 is 5.32 Å². The minimum atomic E-state index is -0.910. The zero-order chi connectivity index (χ0) is 16.6. The second-order valence-corrected chi connectivity index (χ2v) is 6.60. The van der Waals surface area contributed by atoms with E-state index < -0.39 is 17.7 Å². The molecule has 2 N–H and O–H groups in total. The molecule has 1 aromatic heterocycles. The number of rotatable bonds is 3. The second-order valence-electron chi connectivity index (χ2n) is 5.74. The number of aryl methyl sites for hydroxylation is 1. The summed E-state index contributed by atoms with van der Waals surface area (Å²) in [6.45, 7) is 2.99. The predicted molar refractivity (Wildman–Crippen MR) is 88.3 cm³/mol. The molecule has 0 spiro atoms. The number of piperidine rings is 1. The number of nitrogens with one attached hydrogen (secondary N) is 1. The molecule has 2 aromatic rings. The highest BCUT2D eigenvalue weighted by atomic mass is 79.9. The zero-order valence-corrected chi connectivity index (χ0v) is 14.3. The van der Waals surface area contributed by atoms with Crippen LogP contribution in [0.4, 0.5) is 8.78 Å². The lowest BCUT2D eigenvalue weighted by Gasteiger charge is -2.26. The Labute approximate surface area is 141 Å². The van der Waals surface area contributed by atoms with E-state index in [0.29, 0.717) is 17.9 Å². The summed E-state index contributed by atoms with van der Waals surface area (Å²) in [7, 11) is 0. The maximum atomic E-state index is 14.2. The van der Waals surface area contributed by atoms with Crippen molar-refractivity contribution in [3.63, 3.8) is 0 Å². The maximum absolute atomic E-state index is 14.2. The average molecular weight is 386 g/mol. The zero-order valence-electron chi connectivity index (χ0n) is 12.7. The quantitative estimate of drug-likeness (QED) is 0.630. The third-order valence-electron chi connectivity index (χ3n) is 4.16. The van der Waals surface area contributed by atoms with Gasteiger partial charge in [0.2, 0.25) is 0 Å². The molecule has 2 atom stereocenters. The fourth-order valence-corrected chi connectivity index (χ4v) is 3.33. The summed E-state index contributed by atoms with van der Waals surface area (Å²) < 4.78 is 29.7. The minimum absolute atomic E-state index is 0.0669. The van der Waals surface area contributed by atoms with Crippen LogP contribution in [0, 0.1) is 18.6 Å². The molecule has 0 bridgehead atoms. The molecule has 1 aliphatic heterocycles. The van der Waals surface area contributed by atoms with Gasteiger partial charge in [0.1, 0.15) is 11.3 Å². The van der Waals surface area contributed by atoms with Gasteiger partial charge in [-0.3, -0.25) is 0 Å². The highest BCUT2D eigenvalue weighted by molar-refractivity contribution is 9.10. The Morgan fingerprint density at radius 1 is 1.48 bits per heavy atom. The van der Waals surface area contributed by atoms with Crippen molar-refractivity contribution in [2.45, 2.75) is 38.5 Å². The van der Waals surface area contributed by atoms with Crippen LogP contribution >= 0.6 is 15.9 Å². The lowest BCUT2D eigenvalue weighted by atomic mass is 10.0. The van der Waals surface area contributed by atoms with E-state index in [1.54, 1.807) is 11.5 Å². The number of halogens is 3. The number of allylic oxidation sites excluding steroid dienone is 1. The molecule has 124 valence electrons. The Kier molecular flexibility index (Phi) is 4.79. The first-order chi connectivity index (χ1) is 11.0. The smallest absolute Gasteiger partial charge is 0.185 e. The first-order valence-electron chi connectivity index (χ1n) is 7.57. The number of imidazole rings is 1.